The number of rotatable bonds is 8. The number of hydrogen-bond donors (Lipinski definition) is 1. The SMILES string of the molecule is C=CS(=O)(=O)CCC(=O)NCCc1cn(C2CCOC2)nn1. The maximum absolute atomic E-state index is 11.5. The first-order valence-corrected chi connectivity index (χ1v) is 8.82. The topological polar surface area (TPSA) is 103 Å². The number of carbonyl (C=O) groups is 1. The molecule has 0 saturated carbocycles. The number of ether oxygens (including phenoxy) is 1. The second kappa shape index (κ2) is 7.50. The Morgan fingerprint density at radius 2 is 2.41 bits per heavy atom. The van der Waals surface area contributed by atoms with Crippen LogP contribution in [0, 0.1) is 0 Å². The van der Waals surface area contributed by atoms with Crippen molar-refractivity contribution >= 4 is 15.7 Å². The minimum absolute atomic E-state index is 0.0690. The second-order valence-electron chi connectivity index (χ2n) is 5.09. The molecule has 0 spiro atoms. The summed E-state index contributed by atoms with van der Waals surface area (Å²) in [5.41, 5.74) is 0.783. The van der Waals surface area contributed by atoms with Crippen LogP contribution in [0.15, 0.2) is 18.2 Å². The van der Waals surface area contributed by atoms with Crippen LogP contribution in [0.3, 0.4) is 0 Å². The molecule has 1 aliphatic heterocycles. The number of hydrogen-bond acceptors (Lipinski definition) is 6. The van der Waals surface area contributed by atoms with Crippen LogP contribution in [0.4, 0.5) is 0 Å². The molecule has 1 amide bonds. The molecule has 1 atom stereocenters. The fourth-order valence-electron chi connectivity index (χ4n) is 2.07. The van der Waals surface area contributed by atoms with E-state index in [2.05, 4.69) is 22.2 Å². The molecule has 9 heteroatoms. The van der Waals surface area contributed by atoms with Crippen molar-refractivity contribution in [2.75, 3.05) is 25.5 Å². The van der Waals surface area contributed by atoms with E-state index in [0.717, 1.165) is 24.1 Å². The molecular weight excluding hydrogens is 308 g/mol. The number of amides is 1. The standard InChI is InChI=1S/C13H20N4O4S/c1-2-22(19,20)8-5-13(18)14-6-3-11-9-17(16-15-11)12-4-7-21-10-12/h2,9,12H,1,3-8,10H2,(H,14,18). The van der Waals surface area contributed by atoms with Crippen LogP contribution in [0.2, 0.25) is 0 Å². The molecule has 0 aromatic carbocycles. The van der Waals surface area contributed by atoms with Crippen LogP contribution >= 0.6 is 0 Å². The predicted molar refractivity (Wildman–Crippen MR) is 79.8 cm³/mol. The summed E-state index contributed by atoms with van der Waals surface area (Å²) in [5, 5.41) is 11.6. The molecule has 0 radical (unpaired) electrons. The quantitative estimate of drug-likeness (QED) is 0.711. The van der Waals surface area contributed by atoms with E-state index in [1.54, 1.807) is 4.68 Å². The van der Waals surface area contributed by atoms with Crippen molar-refractivity contribution in [1.29, 1.82) is 0 Å². The molecule has 1 aromatic heterocycles. The van der Waals surface area contributed by atoms with Gasteiger partial charge in [0.15, 0.2) is 9.84 Å². The Kier molecular flexibility index (Phi) is 5.67. The smallest absolute Gasteiger partial charge is 0.221 e. The van der Waals surface area contributed by atoms with Gasteiger partial charge < -0.3 is 10.1 Å². The van der Waals surface area contributed by atoms with Crippen molar-refractivity contribution in [1.82, 2.24) is 20.3 Å². The Hall–Kier alpha value is -1.74. The molecule has 1 aliphatic rings. The van der Waals surface area contributed by atoms with E-state index in [0.29, 0.717) is 19.6 Å². The number of sulfone groups is 1. The zero-order valence-corrected chi connectivity index (χ0v) is 13.1. The zero-order valence-electron chi connectivity index (χ0n) is 12.3. The van der Waals surface area contributed by atoms with E-state index in [-0.39, 0.29) is 24.1 Å². The van der Waals surface area contributed by atoms with Crippen molar-refractivity contribution in [3.05, 3.63) is 23.9 Å². The van der Waals surface area contributed by atoms with Gasteiger partial charge in [0.05, 0.1) is 24.1 Å². The summed E-state index contributed by atoms with van der Waals surface area (Å²) in [6.45, 7) is 4.99. The van der Waals surface area contributed by atoms with Crippen LogP contribution in [0.1, 0.15) is 24.6 Å². The van der Waals surface area contributed by atoms with Crippen molar-refractivity contribution in [3.63, 3.8) is 0 Å². The summed E-state index contributed by atoms with van der Waals surface area (Å²) < 4.78 is 29.5. The molecular formula is C13H20N4O4S. The first-order chi connectivity index (χ1) is 10.5. The highest BCUT2D eigenvalue weighted by atomic mass is 32.2. The van der Waals surface area contributed by atoms with Gasteiger partial charge in [-0.3, -0.25) is 4.79 Å². The number of nitrogens with one attached hydrogen (secondary N) is 1. The lowest BCUT2D eigenvalue weighted by molar-refractivity contribution is -0.120. The summed E-state index contributed by atoms with van der Waals surface area (Å²) in [5.74, 6) is -0.526. The third-order valence-corrected chi connectivity index (χ3v) is 4.69. The number of nitrogens with zero attached hydrogens (tertiary/aromatic N) is 3. The molecule has 1 aromatic rings. The van der Waals surface area contributed by atoms with Crippen LogP contribution in [-0.2, 0) is 25.8 Å². The average Bonchev–Trinajstić information content (AvgIpc) is 3.16. The zero-order chi connectivity index (χ0) is 16.0. The summed E-state index contributed by atoms with van der Waals surface area (Å²) in [6.07, 6.45) is 3.26. The van der Waals surface area contributed by atoms with Gasteiger partial charge in [-0.05, 0) is 6.42 Å². The molecule has 1 fully saturated rings. The molecule has 1 saturated heterocycles. The van der Waals surface area contributed by atoms with Crippen LogP contribution in [0.25, 0.3) is 0 Å². The summed E-state index contributed by atoms with van der Waals surface area (Å²) in [6, 6.07) is 0.236. The average molecular weight is 328 g/mol. The highest BCUT2D eigenvalue weighted by Gasteiger charge is 2.18. The summed E-state index contributed by atoms with van der Waals surface area (Å²) in [7, 11) is -3.33. The Morgan fingerprint density at radius 1 is 1.59 bits per heavy atom. The molecule has 122 valence electrons. The molecule has 8 nitrogen and oxygen atoms in total. The molecule has 0 bridgehead atoms. The summed E-state index contributed by atoms with van der Waals surface area (Å²) in [4.78, 5) is 11.5. The first-order valence-electron chi connectivity index (χ1n) is 7.10. The van der Waals surface area contributed by atoms with E-state index >= 15 is 0 Å². The number of carbonyl (C=O) groups excluding carboxylic acids is 1. The molecule has 2 rings (SSSR count). The normalized spacial score (nSPS) is 18.3. The minimum atomic E-state index is -3.33. The van der Waals surface area contributed by atoms with E-state index in [1.807, 2.05) is 6.20 Å². The van der Waals surface area contributed by atoms with Gasteiger partial charge in [-0.25, -0.2) is 13.1 Å². The second-order valence-corrected chi connectivity index (χ2v) is 7.16. The highest BCUT2D eigenvalue weighted by molar-refractivity contribution is 7.94. The van der Waals surface area contributed by atoms with E-state index in [1.165, 1.54) is 0 Å². The Balaban J connectivity index is 1.70. The highest BCUT2D eigenvalue weighted by Crippen LogP contribution is 2.17. The molecule has 0 aliphatic carbocycles. The Bertz CT molecular complexity index is 620. The van der Waals surface area contributed by atoms with Gasteiger partial charge >= 0.3 is 0 Å². The van der Waals surface area contributed by atoms with Crippen molar-refractivity contribution in [2.24, 2.45) is 0 Å². The first kappa shape index (κ1) is 16.6. The molecule has 1 N–H and O–H groups in total. The lowest BCUT2D eigenvalue weighted by Crippen LogP contribution is -2.27. The fraction of sp³-hybridized carbons (Fsp3) is 0.615. The molecule has 1 unspecified atom stereocenters. The monoisotopic (exact) mass is 328 g/mol. The predicted octanol–water partition coefficient (Wildman–Crippen LogP) is -0.153. The van der Waals surface area contributed by atoms with E-state index < -0.39 is 9.84 Å². The van der Waals surface area contributed by atoms with Gasteiger partial charge in [-0.15, -0.1) is 5.10 Å². The Morgan fingerprint density at radius 3 is 3.09 bits per heavy atom. The van der Waals surface area contributed by atoms with Gasteiger partial charge in [0.1, 0.15) is 0 Å². The van der Waals surface area contributed by atoms with Crippen molar-refractivity contribution < 1.29 is 17.9 Å². The molecule has 22 heavy (non-hydrogen) atoms. The maximum Gasteiger partial charge on any atom is 0.221 e. The lowest BCUT2D eigenvalue weighted by atomic mass is 10.2. The Labute approximate surface area is 129 Å². The minimum Gasteiger partial charge on any atom is -0.379 e. The van der Waals surface area contributed by atoms with Crippen molar-refractivity contribution in [3.8, 4) is 0 Å². The number of aromatic nitrogens is 3. The molecule has 2 heterocycles. The van der Waals surface area contributed by atoms with Gasteiger partial charge in [0, 0.05) is 37.6 Å². The van der Waals surface area contributed by atoms with Crippen LogP contribution in [-0.4, -0.2) is 54.8 Å². The van der Waals surface area contributed by atoms with Gasteiger partial charge in [0.25, 0.3) is 0 Å². The third kappa shape index (κ3) is 4.92. The van der Waals surface area contributed by atoms with E-state index in [9.17, 15) is 13.2 Å². The van der Waals surface area contributed by atoms with Crippen LogP contribution < -0.4 is 5.32 Å². The lowest BCUT2D eigenvalue weighted by Gasteiger charge is -2.05. The van der Waals surface area contributed by atoms with Crippen LogP contribution in [0.5, 0.6) is 0 Å². The van der Waals surface area contributed by atoms with Gasteiger partial charge in [-0.2, -0.15) is 0 Å². The van der Waals surface area contributed by atoms with Gasteiger partial charge in [0.2, 0.25) is 5.91 Å². The summed E-state index contributed by atoms with van der Waals surface area (Å²) >= 11 is 0. The largest absolute Gasteiger partial charge is 0.379 e. The maximum atomic E-state index is 11.5. The van der Waals surface area contributed by atoms with E-state index in [4.69, 9.17) is 4.74 Å². The fourth-order valence-corrected chi connectivity index (χ4v) is 2.71. The van der Waals surface area contributed by atoms with Gasteiger partial charge in [-0.1, -0.05) is 11.8 Å². The third-order valence-electron chi connectivity index (χ3n) is 3.41. The van der Waals surface area contributed by atoms with Crippen molar-refractivity contribution in [2.45, 2.75) is 25.3 Å².